The molecule has 1 saturated carbocycles. The second-order valence-electron chi connectivity index (χ2n) is 13.9. The highest BCUT2D eigenvalue weighted by atomic mass is 16.6. The minimum absolute atomic E-state index is 0.0987. The van der Waals surface area contributed by atoms with Crippen molar-refractivity contribution in [2.75, 3.05) is 14.1 Å². The van der Waals surface area contributed by atoms with E-state index in [1.165, 1.54) is 13.8 Å². The van der Waals surface area contributed by atoms with Gasteiger partial charge in [0.05, 0.1) is 17.6 Å². The van der Waals surface area contributed by atoms with Crippen molar-refractivity contribution in [1.29, 1.82) is 0 Å². The van der Waals surface area contributed by atoms with E-state index in [0.29, 0.717) is 22.3 Å². The van der Waals surface area contributed by atoms with Crippen LogP contribution < -0.4 is 0 Å². The first-order valence-electron chi connectivity index (χ1n) is 15.7. The Labute approximate surface area is 270 Å². The second kappa shape index (κ2) is 13.4. The van der Waals surface area contributed by atoms with E-state index in [1.54, 1.807) is 63.2 Å². The van der Waals surface area contributed by atoms with Crippen molar-refractivity contribution in [1.82, 2.24) is 4.90 Å². The van der Waals surface area contributed by atoms with E-state index >= 15 is 0 Å². The van der Waals surface area contributed by atoms with Crippen LogP contribution in [0.15, 0.2) is 53.1 Å². The van der Waals surface area contributed by atoms with Crippen LogP contribution in [0.3, 0.4) is 0 Å². The second-order valence-corrected chi connectivity index (χ2v) is 13.9. The average molecular weight is 642 g/mol. The molecule has 4 bridgehead atoms. The number of hydrogen-bond acceptors (Lipinski definition) is 11. The molecule has 0 heterocycles. The fourth-order valence-corrected chi connectivity index (χ4v) is 7.67. The summed E-state index contributed by atoms with van der Waals surface area (Å²) in [6, 6.07) is 8.28. The van der Waals surface area contributed by atoms with E-state index in [-0.39, 0.29) is 19.3 Å². The molecule has 9 atom stereocenters. The van der Waals surface area contributed by atoms with Crippen molar-refractivity contribution in [3.63, 3.8) is 0 Å². The first-order chi connectivity index (χ1) is 21.4. The third kappa shape index (κ3) is 6.69. The number of fused-ring (bicyclic) bond motifs is 4. The van der Waals surface area contributed by atoms with Gasteiger partial charge in [-0.25, -0.2) is 4.79 Å². The number of esters is 3. The lowest BCUT2D eigenvalue weighted by molar-refractivity contribution is -0.167. The molecule has 3 N–H and O–H groups in total. The van der Waals surface area contributed by atoms with Crippen molar-refractivity contribution in [3.05, 3.63) is 58.7 Å². The number of nitrogens with zero attached hydrogens (tertiary/aromatic N) is 1. The van der Waals surface area contributed by atoms with E-state index < -0.39 is 83.1 Å². The number of rotatable bonds is 7. The average Bonchev–Trinajstić information content (AvgIpc) is 2.95. The minimum Gasteiger partial charge on any atom is -0.458 e. The molecular formula is C35H47NO10. The Morgan fingerprint density at radius 2 is 1.54 bits per heavy atom. The fourth-order valence-electron chi connectivity index (χ4n) is 7.67. The fraction of sp³-hybridized carbons (Fsp3) is 0.600. The van der Waals surface area contributed by atoms with Crippen LogP contribution in [0, 0.1) is 16.7 Å². The molecule has 0 aliphatic heterocycles. The number of ketones is 1. The summed E-state index contributed by atoms with van der Waals surface area (Å²) in [5.74, 6) is -3.24. The van der Waals surface area contributed by atoms with Crippen LogP contribution in [0.5, 0.6) is 0 Å². The first-order valence-corrected chi connectivity index (χ1v) is 15.7. The van der Waals surface area contributed by atoms with Crippen molar-refractivity contribution in [2.24, 2.45) is 16.7 Å². The molecule has 0 unspecified atom stereocenters. The van der Waals surface area contributed by atoms with Gasteiger partial charge in [0.25, 0.3) is 0 Å². The van der Waals surface area contributed by atoms with E-state index in [0.717, 1.165) is 0 Å². The molecule has 0 amide bonds. The highest BCUT2D eigenvalue weighted by molar-refractivity contribution is 5.92. The van der Waals surface area contributed by atoms with Gasteiger partial charge < -0.3 is 29.5 Å². The Morgan fingerprint density at radius 3 is 2.11 bits per heavy atom. The summed E-state index contributed by atoms with van der Waals surface area (Å²) >= 11 is 0. The largest absolute Gasteiger partial charge is 0.458 e. The maximum absolute atomic E-state index is 14.2. The minimum atomic E-state index is -1.65. The van der Waals surface area contributed by atoms with Crippen molar-refractivity contribution < 1.29 is 48.7 Å². The van der Waals surface area contributed by atoms with Gasteiger partial charge in [-0.1, -0.05) is 44.2 Å². The predicted octanol–water partition coefficient (Wildman–Crippen LogP) is 2.82. The Balaban J connectivity index is 1.82. The zero-order valence-electron chi connectivity index (χ0n) is 27.9. The molecule has 0 saturated heterocycles. The zero-order chi connectivity index (χ0) is 34.3. The van der Waals surface area contributed by atoms with Crippen LogP contribution in [0.25, 0.3) is 0 Å². The number of benzene rings is 1. The third-order valence-electron chi connectivity index (χ3n) is 10.1. The maximum Gasteiger partial charge on any atom is 0.337 e. The number of ether oxygens (including phenoxy) is 3. The summed E-state index contributed by atoms with van der Waals surface area (Å²) in [4.78, 5) is 54.0. The lowest BCUT2D eigenvalue weighted by atomic mass is 9.57. The smallest absolute Gasteiger partial charge is 0.337 e. The molecular weight excluding hydrogens is 594 g/mol. The molecule has 0 spiro atoms. The first kappa shape index (κ1) is 35.5. The molecule has 0 radical (unpaired) electrons. The summed E-state index contributed by atoms with van der Waals surface area (Å²) in [6.07, 6.45) is -5.77. The molecule has 0 aromatic heterocycles. The predicted molar refractivity (Wildman–Crippen MR) is 167 cm³/mol. The highest BCUT2D eigenvalue weighted by Gasteiger charge is 2.56. The Morgan fingerprint density at radius 1 is 0.935 bits per heavy atom. The Bertz CT molecular complexity index is 1420. The van der Waals surface area contributed by atoms with Crippen molar-refractivity contribution in [2.45, 2.75) is 103 Å². The van der Waals surface area contributed by atoms with Crippen LogP contribution in [-0.4, -0.2) is 94.6 Å². The lowest BCUT2D eigenvalue weighted by Gasteiger charge is -2.51. The Hall–Kier alpha value is -3.38. The van der Waals surface area contributed by atoms with Gasteiger partial charge in [-0.2, -0.15) is 0 Å². The molecule has 4 rings (SSSR count). The maximum atomic E-state index is 14.2. The van der Waals surface area contributed by atoms with Crippen molar-refractivity contribution >= 4 is 23.7 Å². The molecule has 1 fully saturated rings. The van der Waals surface area contributed by atoms with Gasteiger partial charge in [0.2, 0.25) is 0 Å². The van der Waals surface area contributed by atoms with E-state index in [9.17, 15) is 34.5 Å². The molecule has 1 aromatic carbocycles. The Kier molecular flexibility index (Phi) is 10.3. The van der Waals surface area contributed by atoms with Gasteiger partial charge >= 0.3 is 17.9 Å². The summed E-state index contributed by atoms with van der Waals surface area (Å²) in [5.41, 5.74) is -0.440. The molecule has 1 aromatic rings. The molecule has 11 heteroatoms. The lowest BCUT2D eigenvalue weighted by Crippen LogP contribution is -2.56. The van der Waals surface area contributed by atoms with Crippen LogP contribution in [0.1, 0.15) is 72.4 Å². The zero-order valence-corrected chi connectivity index (χ0v) is 27.9. The van der Waals surface area contributed by atoms with Gasteiger partial charge in [-0.3, -0.25) is 19.3 Å². The monoisotopic (exact) mass is 641 g/mol. The number of hydrogen-bond donors (Lipinski definition) is 3. The number of aliphatic hydroxyl groups excluding tert-OH is 3. The van der Waals surface area contributed by atoms with Gasteiger partial charge in [0, 0.05) is 26.2 Å². The number of carbonyl (C=O) groups excluding carboxylic acids is 4. The van der Waals surface area contributed by atoms with Gasteiger partial charge in [-0.05, 0) is 74.6 Å². The van der Waals surface area contributed by atoms with Crippen LogP contribution >= 0.6 is 0 Å². The molecule has 11 nitrogen and oxygen atoms in total. The standard InChI is InChI=1S/C35H47NO10/c1-18-24(44-19(2)37)15-23-26(45-20(3)38)14-22-17-35(6,32(42)30(40)28(18)34(23,4)5)27(39)16-25(22)46-33(43)31(41)29(36(7)8)21-12-10-9-11-13-21/h9-14,23-27,29-31,39-41H,15-17H2,1-8H3/t23-,24-,25-,26-,27-,29-,30+,31+,35-/m0/s1. The van der Waals surface area contributed by atoms with Gasteiger partial charge in [0.15, 0.2) is 11.9 Å². The number of Topliss-reactive ketones (excluding diaryl/α,β-unsaturated/α-hetero) is 1. The third-order valence-corrected chi connectivity index (χ3v) is 10.1. The molecule has 252 valence electrons. The summed E-state index contributed by atoms with van der Waals surface area (Å²) in [5, 5.41) is 34.4. The van der Waals surface area contributed by atoms with Crippen LogP contribution in [0.4, 0.5) is 0 Å². The van der Waals surface area contributed by atoms with Crippen molar-refractivity contribution in [3.8, 4) is 0 Å². The number of aliphatic hydroxyl groups is 3. The van der Waals surface area contributed by atoms with E-state index in [4.69, 9.17) is 14.2 Å². The number of carbonyl (C=O) groups is 4. The topological polar surface area (TPSA) is 160 Å². The molecule has 3 aliphatic rings. The van der Waals surface area contributed by atoms with Gasteiger partial charge in [-0.15, -0.1) is 0 Å². The van der Waals surface area contributed by atoms with Crippen LogP contribution in [-0.2, 0) is 33.4 Å². The summed E-state index contributed by atoms with van der Waals surface area (Å²) in [6.45, 7) is 9.47. The summed E-state index contributed by atoms with van der Waals surface area (Å²) < 4.78 is 17.4. The molecule has 46 heavy (non-hydrogen) atoms. The molecule has 3 aliphatic carbocycles. The summed E-state index contributed by atoms with van der Waals surface area (Å²) in [7, 11) is 3.46. The van der Waals surface area contributed by atoms with E-state index in [1.807, 2.05) is 19.9 Å². The highest BCUT2D eigenvalue weighted by Crippen LogP contribution is 2.53. The normalized spacial score (nSPS) is 32.2. The quantitative estimate of drug-likeness (QED) is 0.228. The van der Waals surface area contributed by atoms with Gasteiger partial charge in [0.1, 0.15) is 24.4 Å². The number of likely N-dealkylation sites (N-methyl/N-ethyl adjacent to an activating group) is 1. The van der Waals surface area contributed by atoms with Crippen LogP contribution in [0.2, 0.25) is 0 Å². The SMILES string of the molecule is CC(=O)O[C@H]1C[C@H]2[C@@H](OC(C)=O)C=C3C[C@](C)(C(=O)[C@H](O)C(=C1C)C2(C)C)[C@@H](O)C[C@@H]3OC(=O)[C@H](O)[C@H](c1ccccc1)N(C)C. The van der Waals surface area contributed by atoms with E-state index in [2.05, 4.69) is 0 Å².